The van der Waals surface area contributed by atoms with E-state index in [9.17, 15) is 13.9 Å². The Labute approximate surface area is 124 Å². The number of aliphatic hydroxyl groups excluding tert-OH is 1. The van der Waals surface area contributed by atoms with Crippen LogP contribution in [-0.4, -0.2) is 5.11 Å². The highest BCUT2D eigenvalue weighted by Crippen LogP contribution is 2.23. The molecule has 0 saturated heterocycles. The Bertz CT molecular complexity index is 570. The molecule has 0 aliphatic carbocycles. The van der Waals surface area contributed by atoms with E-state index in [2.05, 4.69) is 13.8 Å². The average Bonchev–Trinajstić information content (AvgIpc) is 2.43. The Balaban J connectivity index is 2.11. The second-order valence-corrected chi connectivity index (χ2v) is 5.76. The number of benzene rings is 2. The van der Waals surface area contributed by atoms with Crippen LogP contribution < -0.4 is 0 Å². The second kappa shape index (κ2) is 6.81. The van der Waals surface area contributed by atoms with Crippen LogP contribution in [0.2, 0.25) is 0 Å². The zero-order chi connectivity index (χ0) is 15.4. The molecule has 112 valence electrons. The number of halogens is 2. The standard InChI is InChI=1S/C18H20F2O/c1-12(2)10-13-6-8-14(9-7-13)18(21)11-15-16(19)4-3-5-17(15)20/h3-9,12,18,21H,10-11H2,1-2H3. The molecule has 0 aliphatic rings. The lowest BCUT2D eigenvalue weighted by atomic mass is 9.97. The summed E-state index contributed by atoms with van der Waals surface area (Å²) in [7, 11) is 0. The maximum Gasteiger partial charge on any atom is 0.129 e. The molecule has 0 radical (unpaired) electrons. The van der Waals surface area contributed by atoms with E-state index in [0.717, 1.165) is 6.42 Å². The second-order valence-electron chi connectivity index (χ2n) is 5.76. The van der Waals surface area contributed by atoms with Gasteiger partial charge in [0.15, 0.2) is 0 Å². The van der Waals surface area contributed by atoms with Gasteiger partial charge in [-0.25, -0.2) is 8.78 Å². The smallest absolute Gasteiger partial charge is 0.129 e. The first-order valence-electron chi connectivity index (χ1n) is 7.17. The van der Waals surface area contributed by atoms with Gasteiger partial charge in [-0.05, 0) is 35.6 Å². The van der Waals surface area contributed by atoms with E-state index >= 15 is 0 Å². The van der Waals surface area contributed by atoms with Gasteiger partial charge in [-0.2, -0.15) is 0 Å². The Hall–Kier alpha value is -1.74. The van der Waals surface area contributed by atoms with Crippen molar-refractivity contribution in [2.24, 2.45) is 5.92 Å². The molecule has 1 nitrogen and oxygen atoms in total. The summed E-state index contributed by atoms with van der Waals surface area (Å²) >= 11 is 0. The van der Waals surface area contributed by atoms with Gasteiger partial charge in [0, 0.05) is 12.0 Å². The third-order valence-corrected chi connectivity index (χ3v) is 3.47. The summed E-state index contributed by atoms with van der Waals surface area (Å²) in [5, 5.41) is 10.2. The summed E-state index contributed by atoms with van der Waals surface area (Å²) in [6, 6.07) is 11.3. The minimum atomic E-state index is -0.912. The molecule has 21 heavy (non-hydrogen) atoms. The summed E-state index contributed by atoms with van der Waals surface area (Å²) in [4.78, 5) is 0. The molecule has 1 atom stereocenters. The van der Waals surface area contributed by atoms with Crippen LogP contribution in [0.3, 0.4) is 0 Å². The van der Waals surface area contributed by atoms with Gasteiger partial charge in [0.1, 0.15) is 11.6 Å². The first-order valence-corrected chi connectivity index (χ1v) is 7.17. The summed E-state index contributed by atoms with van der Waals surface area (Å²) in [5.41, 5.74) is 1.79. The zero-order valence-electron chi connectivity index (χ0n) is 12.3. The highest BCUT2D eigenvalue weighted by molar-refractivity contribution is 5.27. The summed E-state index contributed by atoms with van der Waals surface area (Å²) < 4.78 is 27.2. The molecule has 2 aromatic rings. The van der Waals surface area contributed by atoms with Gasteiger partial charge in [-0.1, -0.05) is 44.2 Å². The van der Waals surface area contributed by atoms with Crippen LogP contribution in [0.25, 0.3) is 0 Å². The predicted octanol–water partition coefficient (Wildman–Crippen LogP) is 4.44. The number of aliphatic hydroxyl groups is 1. The van der Waals surface area contributed by atoms with E-state index in [-0.39, 0.29) is 12.0 Å². The molecule has 0 amide bonds. The minimum absolute atomic E-state index is 0.0674. The molecule has 0 aliphatic heterocycles. The van der Waals surface area contributed by atoms with E-state index in [1.165, 1.54) is 23.8 Å². The molecule has 3 heteroatoms. The van der Waals surface area contributed by atoms with E-state index in [0.29, 0.717) is 11.5 Å². The highest BCUT2D eigenvalue weighted by Gasteiger charge is 2.15. The van der Waals surface area contributed by atoms with E-state index < -0.39 is 17.7 Å². The highest BCUT2D eigenvalue weighted by atomic mass is 19.1. The first-order chi connectivity index (χ1) is 9.97. The molecule has 0 bridgehead atoms. The molecule has 0 saturated carbocycles. The Morgan fingerprint density at radius 2 is 1.48 bits per heavy atom. The lowest BCUT2D eigenvalue weighted by Gasteiger charge is -2.13. The van der Waals surface area contributed by atoms with Crippen molar-refractivity contribution < 1.29 is 13.9 Å². The molecule has 1 N–H and O–H groups in total. The van der Waals surface area contributed by atoms with Crippen molar-refractivity contribution in [1.82, 2.24) is 0 Å². The van der Waals surface area contributed by atoms with Crippen molar-refractivity contribution in [3.8, 4) is 0 Å². The molecule has 1 unspecified atom stereocenters. The number of hydrogen-bond acceptors (Lipinski definition) is 1. The fraction of sp³-hybridized carbons (Fsp3) is 0.333. The largest absolute Gasteiger partial charge is 0.388 e. The van der Waals surface area contributed by atoms with Gasteiger partial charge < -0.3 is 5.11 Å². The molecule has 0 spiro atoms. The van der Waals surface area contributed by atoms with Crippen molar-refractivity contribution in [1.29, 1.82) is 0 Å². The topological polar surface area (TPSA) is 20.2 Å². The van der Waals surface area contributed by atoms with Crippen LogP contribution in [0, 0.1) is 17.6 Å². The molecule has 2 aromatic carbocycles. The summed E-state index contributed by atoms with van der Waals surface area (Å²) in [6.45, 7) is 4.29. The number of hydrogen-bond donors (Lipinski definition) is 1. The van der Waals surface area contributed by atoms with Gasteiger partial charge in [0.25, 0.3) is 0 Å². The van der Waals surface area contributed by atoms with E-state index in [1.54, 1.807) is 0 Å². The van der Waals surface area contributed by atoms with Crippen molar-refractivity contribution in [3.63, 3.8) is 0 Å². The van der Waals surface area contributed by atoms with Gasteiger partial charge in [0.2, 0.25) is 0 Å². The fourth-order valence-electron chi connectivity index (χ4n) is 2.39. The maximum absolute atomic E-state index is 13.6. The lowest BCUT2D eigenvalue weighted by molar-refractivity contribution is 0.175. The van der Waals surface area contributed by atoms with Crippen LogP contribution in [0.5, 0.6) is 0 Å². The fourth-order valence-corrected chi connectivity index (χ4v) is 2.39. The van der Waals surface area contributed by atoms with E-state index in [1.807, 2.05) is 24.3 Å². The van der Waals surface area contributed by atoms with Gasteiger partial charge in [-0.3, -0.25) is 0 Å². The van der Waals surface area contributed by atoms with Crippen LogP contribution >= 0.6 is 0 Å². The summed E-state index contributed by atoms with van der Waals surface area (Å²) in [6.07, 6.45) is -0.00937. The van der Waals surface area contributed by atoms with Gasteiger partial charge in [-0.15, -0.1) is 0 Å². The lowest BCUT2D eigenvalue weighted by Crippen LogP contribution is -2.06. The Morgan fingerprint density at radius 3 is 2.00 bits per heavy atom. The van der Waals surface area contributed by atoms with Crippen molar-refractivity contribution in [2.45, 2.75) is 32.8 Å². The first kappa shape index (κ1) is 15.6. The average molecular weight is 290 g/mol. The van der Waals surface area contributed by atoms with Crippen molar-refractivity contribution in [3.05, 3.63) is 70.8 Å². The minimum Gasteiger partial charge on any atom is -0.388 e. The predicted molar refractivity (Wildman–Crippen MR) is 80.0 cm³/mol. The van der Waals surface area contributed by atoms with Crippen molar-refractivity contribution in [2.75, 3.05) is 0 Å². The van der Waals surface area contributed by atoms with E-state index in [4.69, 9.17) is 0 Å². The molecular formula is C18H20F2O. The molecule has 2 rings (SSSR count). The Morgan fingerprint density at radius 1 is 0.905 bits per heavy atom. The molecular weight excluding hydrogens is 270 g/mol. The van der Waals surface area contributed by atoms with Crippen LogP contribution in [0.1, 0.15) is 36.6 Å². The van der Waals surface area contributed by atoms with Crippen LogP contribution in [0.4, 0.5) is 8.78 Å². The van der Waals surface area contributed by atoms with Gasteiger partial charge >= 0.3 is 0 Å². The van der Waals surface area contributed by atoms with Crippen molar-refractivity contribution >= 4 is 0 Å². The molecule has 0 fully saturated rings. The normalized spacial score (nSPS) is 12.7. The Kier molecular flexibility index (Phi) is 5.07. The quantitative estimate of drug-likeness (QED) is 0.863. The molecule has 0 heterocycles. The third-order valence-electron chi connectivity index (χ3n) is 3.47. The number of rotatable bonds is 5. The van der Waals surface area contributed by atoms with Crippen LogP contribution in [0.15, 0.2) is 42.5 Å². The maximum atomic E-state index is 13.6. The molecule has 0 aromatic heterocycles. The SMILES string of the molecule is CC(C)Cc1ccc(C(O)Cc2c(F)cccc2F)cc1. The summed E-state index contributed by atoms with van der Waals surface area (Å²) in [5.74, 6) is -0.677. The third kappa shape index (κ3) is 4.11. The van der Waals surface area contributed by atoms with Crippen LogP contribution in [-0.2, 0) is 12.8 Å². The van der Waals surface area contributed by atoms with Gasteiger partial charge in [0.05, 0.1) is 6.10 Å². The monoisotopic (exact) mass is 290 g/mol. The zero-order valence-corrected chi connectivity index (χ0v) is 12.3.